The molecule has 0 radical (unpaired) electrons. The zero-order valence-electron chi connectivity index (χ0n) is 5.12. The lowest BCUT2D eigenvalue weighted by Gasteiger charge is -1.99. The summed E-state index contributed by atoms with van der Waals surface area (Å²) in [5.41, 5.74) is 5.19. The van der Waals surface area contributed by atoms with E-state index in [-0.39, 0.29) is 6.54 Å². The lowest BCUT2D eigenvalue weighted by atomic mass is 10.4. The number of halogens is 1. The molecule has 0 saturated carbocycles. The molecule has 1 aromatic heterocycles. The van der Waals surface area contributed by atoms with Crippen LogP contribution in [-0.4, -0.2) is 16.6 Å². The predicted octanol–water partition coefficient (Wildman–Crippen LogP) is 0.789. The van der Waals surface area contributed by atoms with Gasteiger partial charge in [0.25, 0.3) is 0 Å². The lowest BCUT2D eigenvalue weighted by molar-refractivity contribution is 0.186. The molecule has 5 heteroatoms. The van der Waals surface area contributed by atoms with E-state index in [0.717, 1.165) is 0 Å². The minimum absolute atomic E-state index is 0.184. The Bertz CT molecular complexity index is 215. The number of hydrogen-bond acceptors (Lipinski definition) is 4. The second kappa shape index (κ2) is 3.30. The van der Waals surface area contributed by atoms with Crippen molar-refractivity contribution in [3.05, 3.63) is 15.5 Å². The first-order valence-corrected chi connectivity index (χ1v) is 3.93. The Balaban J connectivity index is 2.74. The van der Waals surface area contributed by atoms with Gasteiger partial charge in [-0.25, -0.2) is 4.98 Å². The van der Waals surface area contributed by atoms with Crippen LogP contribution in [-0.2, 0) is 0 Å². The number of aliphatic hydroxyl groups excluding tert-OH is 1. The monoisotopic (exact) mass is 178 g/mol. The van der Waals surface area contributed by atoms with Crippen molar-refractivity contribution in [2.45, 2.75) is 6.10 Å². The molecule has 1 unspecified atom stereocenters. The van der Waals surface area contributed by atoms with Crippen molar-refractivity contribution in [2.75, 3.05) is 6.54 Å². The summed E-state index contributed by atoms with van der Waals surface area (Å²) in [5.74, 6) is 0. The van der Waals surface area contributed by atoms with Gasteiger partial charge in [0.15, 0.2) is 0 Å². The first-order valence-electron chi connectivity index (χ1n) is 2.73. The molecule has 0 spiro atoms. The fourth-order valence-electron chi connectivity index (χ4n) is 0.522. The summed E-state index contributed by atoms with van der Waals surface area (Å²) in [5, 5.41) is 9.68. The zero-order chi connectivity index (χ0) is 7.56. The molecular formula is C5H7ClN2OS. The molecule has 1 aromatic rings. The summed E-state index contributed by atoms with van der Waals surface area (Å²) in [4.78, 5) is 3.84. The minimum Gasteiger partial charge on any atom is -0.385 e. The molecule has 0 amide bonds. The molecule has 10 heavy (non-hydrogen) atoms. The Labute approximate surface area is 67.5 Å². The minimum atomic E-state index is -0.669. The van der Waals surface area contributed by atoms with Crippen LogP contribution in [0.5, 0.6) is 0 Å². The summed E-state index contributed by atoms with van der Waals surface area (Å²) in [6, 6.07) is 0. The molecule has 0 fully saturated rings. The van der Waals surface area contributed by atoms with E-state index in [0.29, 0.717) is 9.34 Å². The first-order chi connectivity index (χ1) is 4.74. The van der Waals surface area contributed by atoms with E-state index in [4.69, 9.17) is 22.4 Å². The topological polar surface area (TPSA) is 59.1 Å². The molecule has 0 aliphatic carbocycles. The number of aromatic nitrogens is 1. The van der Waals surface area contributed by atoms with E-state index in [9.17, 15) is 0 Å². The van der Waals surface area contributed by atoms with E-state index in [2.05, 4.69) is 4.98 Å². The molecule has 0 saturated heterocycles. The van der Waals surface area contributed by atoms with Crippen molar-refractivity contribution in [3.63, 3.8) is 0 Å². The molecular weight excluding hydrogens is 172 g/mol. The average molecular weight is 179 g/mol. The highest BCUT2D eigenvalue weighted by atomic mass is 35.5. The van der Waals surface area contributed by atoms with E-state index in [1.54, 1.807) is 0 Å². The zero-order valence-corrected chi connectivity index (χ0v) is 6.69. The molecule has 3 N–H and O–H groups in total. The van der Waals surface area contributed by atoms with Crippen LogP contribution >= 0.6 is 22.9 Å². The number of aliphatic hydroxyl groups is 1. The Kier molecular flexibility index (Phi) is 2.62. The number of thiazole rings is 1. The SMILES string of the molecule is NCC(O)c1ncc(Cl)s1. The predicted molar refractivity (Wildman–Crippen MR) is 41.1 cm³/mol. The number of hydrogen-bond donors (Lipinski definition) is 2. The molecule has 0 aromatic carbocycles. The third kappa shape index (κ3) is 1.67. The summed E-state index contributed by atoms with van der Waals surface area (Å²) >= 11 is 6.81. The van der Waals surface area contributed by atoms with Gasteiger partial charge in [-0.3, -0.25) is 0 Å². The van der Waals surface area contributed by atoms with E-state index in [1.165, 1.54) is 17.5 Å². The van der Waals surface area contributed by atoms with Gasteiger partial charge in [-0.15, -0.1) is 11.3 Å². The second-order valence-electron chi connectivity index (χ2n) is 1.75. The fraction of sp³-hybridized carbons (Fsp3) is 0.400. The van der Waals surface area contributed by atoms with Crippen LogP contribution in [0.3, 0.4) is 0 Å². The highest BCUT2D eigenvalue weighted by molar-refractivity contribution is 7.15. The molecule has 0 bridgehead atoms. The van der Waals surface area contributed by atoms with Crippen LogP contribution in [0.4, 0.5) is 0 Å². The van der Waals surface area contributed by atoms with Crippen molar-refractivity contribution in [1.82, 2.24) is 4.98 Å². The van der Waals surface area contributed by atoms with Gasteiger partial charge in [-0.05, 0) is 0 Å². The van der Waals surface area contributed by atoms with Crippen molar-refractivity contribution in [3.8, 4) is 0 Å². The van der Waals surface area contributed by atoms with Gasteiger partial charge in [-0.2, -0.15) is 0 Å². The van der Waals surface area contributed by atoms with Crippen molar-refractivity contribution < 1.29 is 5.11 Å². The molecule has 1 rings (SSSR count). The van der Waals surface area contributed by atoms with Crippen molar-refractivity contribution >= 4 is 22.9 Å². The van der Waals surface area contributed by atoms with E-state index in [1.807, 2.05) is 0 Å². The van der Waals surface area contributed by atoms with Crippen LogP contribution in [0.2, 0.25) is 4.34 Å². The van der Waals surface area contributed by atoms with Gasteiger partial charge >= 0.3 is 0 Å². The van der Waals surface area contributed by atoms with Crippen LogP contribution < -0.4 is 5.73 Å². The van der Waals surface area contributed by atoms with Gasteiger partial charge in [0.1, 0.15) is 15.4 Å². The average Bonchev–Trinajstić information content (AvgIpc) is 2.34. The summed E-state index contributed by atoms with van der Waals surface area (Å²) < 4.78 is 0.572. The van der Waals surface area contributed by atoms with Crippen LogP contribution in [0.1, 0.15) is 11.1 Å². The molecule has 56 valence electrons. The second-order valence-corrected chi connectivity index (χ2v) is 3.45. The molecule has 1 heterocycles. The fourth-order valence-corrected chi connectivity index (χ4v) is 1.45. The van der Waals surface area contributed by atoms with Crippen molar-refractivity contribution in [2.24, 2.45) is 5.73 Å². The summed E-state index contributed by atoms with van der Waals surface area (Å²) in [6.45, 7) is 0.184. The Hall–Kier alpha value is -0.160. The molecule has 1 atom stereocenters. The number of nitrogens with two attached hydrogens (primary N) is 1. The smallest absolute Gasteiger partial charge is 0.124 e. The van der Waals surface area contributed by atoms with Gasteiger partial charge in [0, 0.05) is 6.54 Å². The lowest BCUT2D eigenvalue weighted by Crippen LogP contribution is -2.10. The highest BCUT2D eigenvalue weighted by Crippen LogP contribution is 2.22. The highest BCUT2D eigenvalue weighted by Gasteiger charge is 2.08. The van der Waals surface area contributed by atoms with Crippen LogP contribution in [0.15, 0.2) is 6.20 Å². The molecule has 3 nitrogen and oxygen atoms in total. The number of nitrogens with zero attached hydrogens (tertiary/aromatic N) is 1. The van der Waals surface area contributed by atoms with Gasteiger partial charge in [-0.1, -0.05) is 11.6 Å². The maximum absolute atomic E-state index is 9.11. The normalized spacial score (nSPS) is 13.5. The van der Waals surface area contributed by atoms with Crippen LogP contribution in [0, 0.1) is 0 Å². The van der Waals surface area contributed by atoms with Gasteiger partial charge in [0.2, 0.25) is 0 Å². The molecule has 0 aliphatic heterocycles. The maximum atomic E-state index is 9.11. The Morgan fingerprint density at radius 3 is 3.00 bits per heavy atom. The molecule has 0 aliphatic rings. The van der Waals surface area contributed by atoms with Crippen LogP contribution in [0.25, 0.3) is 0 Å². The van der Waals surface area contributed by atoms with Gasteiger partial charge < -0.3 is 10.8 Å². The summed E-state index contributed by atoms with van der Waals surface area (Å²) in [7, 11) is 0. The van der Waals surface area contributed by atoms with Crippen molar-refractivity contribution in [1.29, 1.82) is 0 Å². The van der Waals surface area contributed by atoms with E-state index < -0.39 is 6.10 Å². The number of rotatable bonds is 2. The third-order valence-electron chi connectivity index (χ3n) is 1.00. The largest absolute Gasteiger partial charge is 0.385 e. The van der Waals surface area contributed by atoms with E-state index >= 15 is 0 Å². The standard InChI is InChI=1S/C5H7ClN2OS/c6-4-2-8-5(10-4)3(9)1-7/h2-3,9H,1,7H2. The quantitative estimate of drug-likeness (QED) is 0.704. The Morgan fingerprint density at radius 1 is 1.90 bits per heavy atom. The summed E-state index contributed by atoms with van der Waals surface area (Å²) in [6.07, 6.45) is 0.831. The Morgan fingerprint density at radius 2 is 2.60 bits per heavy atom. The van der Waals surface area contributed by atoms with Gasteiger partial charge in [0.05, 0.1) is 6.20 Å². The maximum Gasteiger partial charge on any atom is 0.124 e. The first kappa shape index (κ1) is 7.94. The third-order valence-corrected chi connectivity index (χ3v) is 2.22.